The Kier molecular flexibility index (Phi) is 6.40. The van der Waals surface area contributed by atoms with E-state index in [9.17, 15) is 9.59 Å². The van der Waals surface area contributed by atoms with Gasteiger partial charge in [0.2, 0.25) is 0 Å². The highest BCUT2D eigenvalue weighted by Crippen LogP contribution is 2.34. The van der Waals surface area contributed by atoms with E-state index >= 15 is 0 Å². The SMILES string of the molecule is CCOc1ccc(C2=C(N3CCC(Cc4ccccc4)CC3)C(=O)N(CC)C2=O)cc1. The van der Waals surface area contributed by atoms with Crippen molar-refractivity contribution >= 4 is 17.4 Å². The van der Waals surface area contributed by atoms with Crippen molar-refractivity contribution in [2.45, 2.75) is 33.1 Å². The number of amides is 2. The van der Waals surface area contributed by atoms with Gasteiger partial charge in [-0.1, -0.05) is 42.5 Å². The molecule has 0 bridgehead atoms. The molecule has 0 aliphatic carbocycles. The zero-order chi connectivity index (χ0) is 21.8. The Morgan fingerprint density at radius 3 is 2.19 bits per heavy atom. The summed E-state index contributed by atoms with van der Waals surface area (Å²) in [5.41, 5.74) is 3.23. The molecule has 0 unspecified atom stereocenters. The van der Waals surface area contributed by atoms with Crippen LogP contribution < -0.4 is 4.74 Å². The Labute approximate surface area is 184 Å². The molecule has 2 aliphatic rings. The van der Waals surface area contributed by atoms with E-state index < -0.39 is 0 Å². The van der Waals surface area contributed by atoms with Crippen LogP contribution in [0.15, 0.2) is 60.3 Å². The van der Waals surface area contributed by atoms with E-state index in [0.717, 1.165) is 43.7 Å². The van der Waals surface area contributed by atoms with Gasteiger partial charge in [0, 0.05) is 19.6 Å². The first-order valence-electron chi connectivity index (χ1n) is 11.2. The van der Waals surface area contributed by atoms with Crippen LogP contribution in [0.5, 0.6) is 5.75 Å². The van der Waals surface area contributed by atoms with Crippen LogP contribution >= 0.6 is 0 Å². The molecule has 2 amide bonds. The van der Waals surface area contributed by atoms with Gasteiger partial charge in [-0.25, -0.2) is 0 Å². The molecule has 2 aromatic rings. The van der Waals surface area contributed by atoms with Gasteiger partial charge in [0.25, 0.3) is 11.8 Å². The number of benzene rings is 2. The smallest absolute Gasteiger partial charge is 0.277 e. The van der Waals surface area contributed by atoms with Crippen molar-refractivity contribution in [1.29, 1.82) is 0 Å². The molecule has 0 radical (unpaired) electrons. The Morgan fingerprint density at radius 2 is 1.58 bits per heavy atom. The quantitative estimate of drug-likeness (QED) is 0.634. The molecule has 162 valence electrons. The zero-order valence-corrected chi connectivity index (χ0v) is 18.3. The monoisotopic (exact) mass is 418 g/mol. The van der Waals surface area contributed by atoms with Gasteiger partial charge in [-0.15, -0.1) is 0 Å². The number of rotatable bonds is 7. The number of likely N-dealkylation sites (N-methyl/N-ethyl adjacent to an activating group) is 1. The fourth-order valence-electron chi connectivity index (χ4n) is 4.60. The Hall–Kier alpha value is -3.08. The van der Waals surface area contributed by atoms with Crippen molar-refractivity contribution in [2.75, 3.05) is 26.2 Å². The summed E-state index contributed by atoms with van der Waals surface area (Å²) in [4.78, 5) is 29.7. The molecule has 5 nitrogen and oxygen atoms in total. The van der Waals surface area contributed by atoms with Crippen molar-refractivity contribution in [3.8, 4) is 5.75 Å². The second-order valence-electron chi connectivity index (χ2n) is 8.16. The van der Waals surface area contributed by atoms with Gasteiger partial charge >= 0.3 is 0 Å². The minimum atomic E-state index is -0.196. The molecule has 0 saturated carbocycles. The first kappa shape index (κ1) is 21.2. The lowest BCUT2D eigenvalue weighted by atomic mass is 9.89. The molecule has 1 saturated heterocycles. The van der Waals surface area contributed by atoms with E-state index in [1.54, 1.807) is 0 Å². The molecule has 4 rings (SSSR count). The number of carbonyl (C=O) groups excluding carboxylic acids is 2. The topological polar surface area (TPSA) is 49.9 Å². The van der Waals surface area contributed by atoms with Gasteiger partial charge in [0.05, 0.1) is 12.2 Å². The van der Waals surface area contributed by atoms with Gasteiger partial charge in [0.15, 0.2) is 0 Å². The second kappa shape index (κ2) is 9.38. The Balaban J connectivity index is 1.56. The van der Waals surface area contributed by atoms with Crippen molar-refractivity contribution in [2.24, 2.45) is 5.92 Å². The fourth-order valence-corrected chi connectivity index (χ4v) is 4.60. The number of carbonyl (C=O) groups is 2. The third kappa shape index (κ3) is 4.36. The van der Waals surface area contributed by atoms with Gasteiger partial charge in [-0.2, -0.15) is 0 Å². The van der Waals surface area contributed by atoms with E-state index in [0.29, 0.717) is 30.3 Å². The second-order valence-corrected chi connectivity index (χ2v) is 8.16. The fraction of sp³-hybridized carbons (Fsp3) is 0.385. The number of nitrogens with zero attached hydrogens (tertiary/aromatic N) is 2. The predicted octanol–water partition coefficient (Wildman–Crippen LogP) is 4.14. The zero-order valence-electron chi connectivity index (χ0n) is 18.3. The van der Waals surface area contributed by atoms with Crippen LogP contribution in [-0.2, 0) is 16.0 Å². The minimum absolute atomic E-state index is 0.169. The number of ether oxygens (including phenoxy) is 1. The van der Waals surface area contributed by atoms with Crippen LogP contribution in [0.4, 0.5) is 0 Å². The van der Waals surface area contributed by atoms with Crippen molar-refractivity contribution in [1.82, 2.24) is 9.80 Å². The maximum Gasteiger partial charge on any atom is 0.277 e. The van der Waals surface area contributed by atoms with Gasteiger partial charge in [-0.05, 0) is 62.3 Å². The largest absolute Gasteiger partial charge is 0.494 e. The number of hydrogen-bond donors (Lipinski definition) is 0. The van der Waals surface area contributed by atoms with Crippen molar-refractivity contribution < 1.29 is 14.3 Å². The summed E-state index contributed by atoms with van der Waals surface area (Å²) in [6.45, 7) is 6.35. The maximum atomic E-state index is 13.2. The third-order valence-electron chi connectivity index (χ3n) is 6.21. The number of hydrogen-bond acceptors (Lipinski definition) is 4. The molecule has 0 N–H and O–H groups in total. The summed E-state index contributed by atoms with van der Waals surface area (Å²) in [5.74, 6) is 0.998. The normalized spacial score (nSPS) is 17.6. The molecule has 2 heterocycles. The van der Waals surface area contributed by atoms with Crippen LogP contribution in [0.1, 0.15) is 37.8 Å². The van der Waals surface area contributed by atoms with Crippen LogP contribution in [0.2, 0.25) is 0 Å². The number of likely N-dealkylation sites (tertiary alicyclic amines) is 1. The standard InChI is InChI=1S/C26H30N2O3/c1-3-28-25(29)23(21-10-12-22(13-11-21)31-4-2)24(26(28)30)27-16-14-20(15-17-27)18-19-8-6-5-7-9-19/h5-13,20H,3-4,14-18H2,1-2H3. The van der Waals surface area contributed by atoms with Crippen molar-refractivity contribution in [3.05, 3.63) is 71.4 Å². The van der Waals surface area contributed by atoms with Crippen LogP contribution in [-0.4, -0.2) is 47.9 Å². The molecule has 5 heteroatoms. The average Bonchev–Trinajstić information content (AvgIpc) is 3.05. The predicted molar refractivity (Wildman–Crippen MR) is 121 cm³/mol. The van der Waals surface area contributed by atoms with E-state index in [2.05, 4.69) is 29.2 Å². The van der Waals surface area contributed by atoms with Crippen molar-refractivity contribution in [3.63, 3.8) is 0 Å². The lowest BCUT2D eigenvalue weighted by Gasteiger charge is -2.34. The molecular weight excluding hydrogens is 388 g/mol. The van der Waals surface area contributed by atoms with E-state index in [1.807, 2.05) is 44.2 Å². The Bertz CT molecular complexity index is 958. The summed E-state index contributed by atoms with van der Waals surface area (Å²) in [6, 6.07) is 18.1. The molecule has 0 aromatic heterocycles. The highest BCUT2D eigenvalue weighted by molar-refractivity contribution is 6.35. The van der Waals surface area contributed by atoms with Gasteiger partial charge < -0.3 is 9.64 Å². The third-order valence-corrected chi connectivity index (χ3v) is 6.21. The summed E-state index contributed by atoms with van der Waals surface area (Å²) < 4.78 is 5.53. The molecule has 2 aliphatic heterocycles. The summed E-state index contributed by atoms with van der Waals surface area (Å²) >= 11 is 0. The molecule has 1 fully saturated rings. The number of imide groups is 1. The maximum absolute atomic E-state index is 13.2. The highest BCUT2D eigenvalue weighted by atomic mass is 16.5. The highest BCUT2D eigenvalue weighted by Gasteiger charge is 2.41. The molecule has 2 aromatic carbocycles. The summed E-state index contributed by atoms with van der Waals surface area (Å²) in [6.07, 6.45) is 3.10. The van der Waals surface area contributed by atoms with Gasteiger partial charge in [-0.3, -0.25) is 14.5 Å². The lowest BCUT2D eigenvalue weighted by molar-refractivity contribution is -0.137. The minimum Gasteiger partial charge on any atom is -0.494 e. The van der Waals surface area contributed by atoms with Crippen LogP contribution in [0.25, 0.3) is 5.57 Å². The van der Waals surface area contributed by atoms with E-state index in [4.69, 9.17) is 4.74 Å². The van der Waals surface area contributed by atoms with Gasteiger partial charge in [0.1, 0.15) is 11.4 Å². The summed E-state index contributed by atoms with van der Waals surface area (Å²) in [7, 11) is 0. The van der Waals surface area contributed by atoms with Crippen LogP contribution in [0.3, 0.4) is 0 Å². The van der Waals surface area contributed by atoms with Crippen LogP contribution in [0, 0.1) is 5.92 Å². The lowest BCUT2D eigenvalue weighted by Crippen LogP contribution is -2.39. The molecule has 0 atom stereocenters. The Morgan fingerprint density at radius 1 is 0.903 bits per heavy atom. The number of piperidine rings is 1. The van der Waals surface area contributed by atoms with E-state index in [-0.39, 0.29) is 11.8 Å². The van der Waals surface area contributed by atoms with E-state index in [1.165, 1.54) is 10.5 Å². The molecular formula is C26H30N2O3. The first-order valence-corrected chi connectivity index (χ1v) is 11.2. The average molecular weight is 419 g/mol. The molecule has 0 spiro atoms. The first-order chi connectivity index (χ1) is 15.1. The summed E-state index contributed by atoms with van der Waals surface area (Å²) in [5, 5.41) is 0. The molecule has 31 heavy (non-hydrogen) atoms.